The van der Waals surface area contributed by atoms with Gasteiger partial charge in [-0.2, -0.15) is 4.68 Å². The first-order valence-electron chi connectivity index (χ1n) is 12.1. The van der Waals surface area contributed by atoms with Crippen LogP contribution in [0.2, 0.25) is 0 Å². The van der Waals surface area contributed by atoms with E-state index in [1.807, 2.05) is 24.3 Å². The van der Waals surface area contributed by atoms with Crippen molar-refractivity contribution in [3.8, 4) is 11.8 Å². The number of aromatic nitrogens is 4. The van der Waals surface area contributed by atoms with Crippen LogP contribution in [0.4, 0.5) is 15.8 Å². The highest BCUT2D eigenvalue weighted by molar-refractivity contribution is 7.80. The normalized spacial score (nSPS) is 25.1. The number of ether oxygens (including phenoxy) is 4. The van der Waals surface area contributed by atoms with Gasteiger partial charge in [-0.3, -0.25) is 0 Å². The molecule has 194 valence electrons. The number of fused-ring (bicyclic) bond motifs is 1. The molecule has 0 unspecified atom stereocenters. The van der Waals surface area contributed by atoms with Gasteiger partial charge in [-0.25, -0.2) is 4.39 Å². The fourth-order valence-electron chi connectivity index (χ4n) is 4.81. The lowest BCUT2D eigenvalue weighted by atomic mass is 10.1. The fraction of sp³-hybridized carbons (Fsp3) is 0.417. The molecule has 0 saturated carbocycles. The Bertz CT molecular complexity index is 1240. The third-order valence-corrected chi connectivity index (χ3v) is 6.85. The number of nitrogens with zero attached hydrogens (tertiary/aromatic N) is 5. The van der Waals surface area contributed by atoms with Gasteiger partial charge in [-0.05, 0) is 59.0 Å². The van der Waals surface area contributed by atoms with Gasteiger partial charge in [0, 0.05) is 30.5 Å². The van der Waals surface area contributed by atoms with Gasteiger partial charge in [-0.15, -0.1) is 0 Å². The van der Waals surface area contributed by atoms with Gasteiger partial charge in [0.05, 0.1) is 32.5 Å². The topological polar surface area (TPSA) is 108 Å². The van der Waals surface area contributed by atoms with E-state index in [-0.39, 0.29) is 36.1 Å². The number of benzene rings is 2. The van der Waals surface area contributed by atoms with Crippen molar-refractivity contribution in [2.24, 2.45) is 0 Å². The van der Waals surface area contributed by atoms with E-state index in [9.17, 15) is 4.39 Å². The summed E-state index contributed by atoms with van der Waals surface area (Å²) in [7, 11) is 0. The smallest absolute Gasteiger partial charge is 0.341 e. The molecule has 0 radical (unpaired) electrons. The summed E-state index contributed by atoms with van der Waals surface area (Å²) in [5.41, 5.74) is 1.75. The van der Waals surface area contributed by atoms with E-state index in [0.717, 1.165) is 18.8 Å². The van der Waals surface area contributed by atoms with Crippen molar-refractivity contribution in [3.63, 3.8) is 0 Å². The Hall–Kier alpha value is -3.39. The Labute approximate surface area is 217 Å². The van der Waals surface area contributed by atoms with E-state index in [1.165, 1.54) is 12.1 Å². The number of tetrazole rings is 1. The molecule has 1 aromatic heterocycles. The zero-order valence-electron chi connectivity index (χ0n) is 19.8. The second kappa shape index (κ2) is 10.5. The molecular formula is C24H26FN7O4S. The van der Waals surface area contributed by atoms with E-state index in [2.05, 4.69) is 31.1 Å². The molecule has 2 N–H and O–H groups in total. The predicted molar refractivity (Wildman–Crippen MR) is 135 cm³/mol. The first-order chi connectivity index (χ1) is 18.1. The van der Waals surface area contributed by atoms with Crippen molar-refractivity contribution in [1.29, 1.82) is 0 Å². The minimum absolute atomic E-state index is 0.165. The molecule has 2 aromatic carbocycles. The average Bonchev–Trinajstić information content (AvgIpc) is 3.64. The molecule has 11 nitrogen and oxygen atoms in total. The standard InChI is InChI=1S/C24H26FN7O4S/c25-15-4-6-16(7-5-15)26-23(37)27-19-13-34-22-20(14-35-21(19)22)32-24(28-29-30-32)36-18-3-1-2-17(12-18)31-8-10-33-11-9-31/h1-7,12,19-22H,8-11,13-14H2,(H2,26,27,37)/t19-,20-,21+,22+/m0/s1. The summed E-state index contributed by atoms with van der Waals surface area (Å²) in [6, 6.07) is 13.7. The number of morpholine rings is 1. The van der Waals surface area contributed by atoms with E-state index >= 15 is 0 Å². The molecule has 0 spiro atoms. The quantitative estimate of drug-likeness (QED) is 0.461. The molecule has 6 rings (SSSR count). The molecule has 0 amide bonds. The molecule has 3 saturated heterocycles. The van der Waals surface area contributed by atoms with Crippen molar-refractivity contribution >= 4 is 28.7 Å². The summed E-state index contributed by atoms with van der Waals surface area (Å²) in [5.74, 6) is 0.331. The number of halogens is 1. The first-order valence-corrected chi connectivity index (χ1v) is 12.5. The van der Waals surface area contributed by atoms with Gasteiger partial charge in [0.2, 0.25) is 0 Å². The highest BCUT2D eigenvalue weighted by Gasteiger charge is 2.50. The summed E-state index contributed by atoms with van der Waals surface area (Å²) in [6.45, 7) is 3.84. The Morgan fingerprint density at radius 1 is 1.05 bits per heavy atom. The minimum Gasteiger partial charge on any atom is -0.423 e. The maximum absolute atomic E-state index is 13.2. The number of nitrogens with one attached hydrogen (secondary N) is 2. The van der Waals surface area contributed by atoms with E-state index < -0.39 is 0 Å². The molecule has 3 aliphatic rings. The Balaban J connectivity index is 1.10. The van der Waals surface area contributed by atoms with E-state index in [4.69, 9.17) is 31.2 Å². The summed E-state index contributed by atoms with van der Waals surface area (Å²) in [4.78, 5) is 2.25. The maximum Gasteiger partial charge on any atom is 0.341 e. The summed E-state index contributed by atoms with van der Waals surface area (Å²) < 4.78 is 38.5. The van der Waals surface area contributed by atoms with Gasteiger partial charge >= 0.3 is 6.01 Å². The highest BCUT2D eigenvalue weighted by atomic mass is 32.1. The van der Waals surface area contributed by atoms with Crippen LogP contribution in [-0.2, 0) is 14.2 Å². The molecule has 13 heteroatoms. The van der Waals surface area contributed by atoms with Crippen molar-refractivity contribution < 1.29 is 23.3 Å². The lowest BCUT2D eigenvalue weighted by molar-refractivity contribution is 0.0615. The summed E-state index contributed by atoms with van der Waals surface area (Å²) in [6.07, 6.45) is -0.531. The lowest BCUT2D eigenvalue weighted by Crippen LogP contribution is -2.45. The second-order valence-electron chi connectivity index (χ2n) is 8.98. The minimum atomic E-state index is -0.308. The Morgan fingerprint density at radius 3 is 2.70 bits per heavy atom. The molecule has 4 atom stereocenters. The molecule has 3 fully saturated rings. The predicted octanol–water partition coefficient (Wildman–Crippen LogP) is 2.13. The van der Waals surface area contributed by atoms with E-state index in [1.54, 1.807) is 16.8 Å². The van der Waals surface area contributed by atoms with Crippen molar-refractivity contribution in [3.05, 3.63) is 54.3 Å². The molecule has 4 heterocycles. The largest absolute Gasteiger partial charge is 0.423 e. The zero-order valence-corrected chi connectivity index (χ0v) is 20.6. The maximum atomic E-state index is 13.2. The van der Waals surface area contributed by atoms with Crippen LogP contribution < -0.4 is 20.3 Å². The Morgan fingerprint density at radius 2 is 1.86 bits per heavy atom. The fourth-order valence-corrected chi connectivity index (χ4v) is 5.08. The van der Waals surface area contributed by atoms with Crippen molar-refractivity contribution in [1.82, 2.24) is 25.5 Å². The van der Waals surface area contributed by atoms with Crippen LogP contribution in [0.3, 0.4) is 0 Å². The average molecular weight is 528 g/mol. The number of hydrogen-bond acceptors (Lipinski definition) is 9. The number of anilines is 2. The SMILES string of the molecule is Fc1ccc(NC(=S)N[C@H]2CO[C@H]3[C@@H]2OC[C@@H]3n2nnnc2Oc2cccc(N3CCOCC3)c2)cc1. The van der Waals surface area contributed by atoms with Crippen LogP contribution >= 0.6 is 12.2 Å². The molecule has 37 heavy (non-hydrogen) atoms. The summed E-state index contributed by atoms with van der Waals surface area (Å²) >= 11 is 5.43. The third kappa shape index (κ3) is 5.21. The number of thiocarbonyl (C=S) groups is 1. The molecule has 0 bridgehead atoms. The van der Waals surface area contributed by atoms with Crippen LogP contribution in [0.5, 0.6) is 11.8 Å². The lowest BCUT2D eigenvalue weighted by Gasteiger charge is -2.29. The number of rotatable bonds is 6. The van der Waals surface area contributed by atoms with Gasteiger partial charge in [0.1, 0.15) is 29.8 Å². The van der Waals surface area contributed by atoms with Gasteiger partial charge in [0.15, 0.2) is 5.11 Å². The van der Waals surface area contributed by atoms with Crippen LogP contribution in [-0.4, -0.2) is 83.1 Å². The van der Waals surface area contributed by atoms with Gasteiger partial charge < -0.3 is 34.5 Å². The van der Waals surface area contributed by atoms with Gasteiger partial charge in [0.25, 0.3) is 0 Å². The van der Waals surface area contributed by atoms with Gasteiger partial charge in [-0.1, -0.05) is 11.2 Å². The van der Waals surface area contributed by atoms with Crippen LogP contribution in [0, 0.1) is 5.82 Å². The summed E-state index contributed by atoms with van der Waals surface area (Å²) in [5, 5.41) is 18.8. The first kappa shape index (κ1) is 24.0. The number of hydrogen-bond donors (Lipinski definition) is 2. The second-order valence-corrected chi connectivity index (χ2v) is 9.39. The molecule has 3 aliphatic heterocycles. The zero-order chi connectivity index (χ0) is 25.2. The molecule has 0 aliphatic carbocycles. The van der Waals surface area contributed by atoms with Crippen LogP contribution in [0.15, 0.2) is 48.5 Å². The molecule has 3 aromatic rings. The Kier molecular flexibility index (Phi) is 6.83. The third-order valence-electron chi connectivity index (χ3n) is 6.63. The van der Waals surface area contributed by atoms with Crippen molar-refractivity contribution in [2.75, 3.05) is 49.7 Å². The monoisotopic (exact) mass is 527 g/mol. The van der Waals surface area contributed by atoms with Crippen LogP contribution in [0.25, 0.3) is 0 Å². The van der Waals surface area contributed by atoms with Crippen molar-refractivity contribution in [2.45, 2.75) is 24.3 Å². The van der Waals surface area contributed by atoms with Crippen LogP contribution in [0.1, 0.15) is 6.04 Å². The molecular weight excluding hydrogens is 501 g/mol. The highest BCUT2D eigenvalue weighted by Crippen LogP contribution is 2.36. The van der Waals surface area contributed by atoms with E-state index in [0.29, 0.717) is 43.0 Å².